The van der Waals surface area contributed by atoms with E-state index in [1.54, 1.807) is 18.2 Å². The molecular formula is C16H17ClN2O. The Morgan fingerprint density at radius 1 is 1.25 bits per heavy atom. The third-order valence-corrected chi connectivity index (χ3v) is 3.52. The minimum atomic E-state index is -0.196. The van der Waals surface area contributed by atoms with Crippen molar-refractivity contribution in [3.63, 3.8) is 0 Å². The lowest BCUT2D eigenvalue weighted by atomic mass is 10.1. The Morgan fingerprint density at radius 2 is 1.95 bits per heavy atom. The molecule has 0 aliphatic heterocycles. The Hall–Kier alpha value is -2.00. The summed E-state index contributed by atoms with van der Waals surface area (Å²) in [5.41, 5.74) is 8.69. The number of benzene rings is 2. The van der Waals surface area contributed by atoms with Gasteiger partial charge in [0.15, 0.2) is 0 Å². The van der Waals surface area contributed by atoms with Gasteiger partial charge in [-0.1, -0.05) is 41.4 Å². The van der Waals surface area contributed by atoms with Gasteiger partial charge in [0.25, 0.3) is 5.91 Å². The molecule has 2 aromatic rings. The molecule has 0 bridgehead atoms. The number of carbonyl (C=O) groups is 1. The average molecular weight is 289 g/mol. The van der Waals surface area contributed by atoms with Crippen molar-refractivity contribution in [1.29, 1.82) is 0 Å². The summed E-state index contributed by atoms with van der Waals surface area (Å²) >= 11 is 6.13. The van der Waals surface area contributed by atoms with E-state index >= 15 is 0 Å². The Kier molecular flexibility index (Phi) is 4.30. The summed E-state index contributed by atoms with van der Waals surface area (Å²) < 4.78 is 0. The lowest BCUT2D eigenvalue weighted by Gasteiger charge is -2.16. The van der Waals surface area contributed by atoms with Crippen molar-refractivity contribution in [2.24, 2.45) is 0 Å². The van der Waals surface area contributed by atoms with E-state index in [4.69, 9.17) is 17.3 Å². The number of nitrogens with one attached hydrogen (secondary N) is 1. The van der Waals surface area contributed by atoms with Gasteiger partial charge in [0.1, 0.15) is 0 Å². The highest BCUT2D eigenvalue weighted by Crippen LogP contribution is 2.23. The Labute approximate surface area is 123 Å². The number of carbonyl (C=O) groups excluding carboxylic acids is 1. The second kappa shape index (κ2) is 5.97. The van der Waals surface area contributed by atoms with E-state index in [2.05, 4.69) is 5.32 Å². The fourth-order valence-electron chi connectivity index (χ4n) is 2.05. The number of aryl methyl sites for hydroxylation is 1. The molecule has 4 heteroatoms. The lowest BCUT2D eigenvalue weighted by molar-refractivity contribution is 0.0940. The quantitative estimate of drug-likeness (QED) is 0.846. The summed E-state index contributed by atoms with van der Waals surface area (Å²) in [4.78, 5) is 12.3. The molecular weight excluding hydrogens is 272 g/mol. The highest BCUT2D eigenvalue weighted by atomic mass is 35.5. The predicted molar refractivity (Wildman–Crippen MR) is 82.9 cm³/mol. The van der Waals surface area contributed by atoms with Crippen LogP contribution in [-0.2, 0) is 0 Å². The van der Waals surface area contributed by atoms with E-state index in [1.807, 2.05) is 38.1 Å². The molecule has 0 heterocycles. The van der Waals surface area contributed by atoms with Crippen LogP contribution >= 0.6 is 11.6 Å². The van der Waals surface area contributed by atoms with Crippen molar-refractivity contribution in [2.45, 2.75) is 19.9 Å². The normalized spacial score (nSPS) is 11.9. The highest BCUT2D eigenvalue weighted by Gasteiger charge is 2.15. The van der Waals surface area contributed by atoms with Gasteiger partial charge in [-0.15, -0.1) is 0 Å². The van der Waals surface area contributed by atoms with E-state index in [1.165, 1.54) is 0 Å². The molecule has 104 valence electrons. The van der Waals surface area contributed by atoms with Crippen LogP contribution in [-0.4, -0.2) is 5.91 Å². The summed E-state index contributed by atoms with van der Waals surface area (Å²) in [5, 5.41) is 3.55. The first-order chi connectivity index (χ1) is 9.49. The zero-order valence-corrected chi connectivity index (χ0v) is 12.2. The van der Waals surface area contributed by atoms with Gasteiger partial charge in [-0.05, 0) is 37.6 Å². The van der Waals surface area contributed by atoms with Gasteiger partial charge in [0.05, 0.1) is 11.6 Å². The number of amides is 1. The molecule has 0 spiro atoms. The summed E-state index contributed by atoms with van der Waals surface area (Å²) in [5.74, 6) is -0.196. The molecule has 0 saturated carbocycles. The summed E-state index contributed by atoms with van der Waals surface area (Å²) in [6, 6.07) is 12.7. The molecule has 1 amide bonds. The SMILES string of the molecule is Cc1ccc(N)c(C(=O)NC(C)c2ccccc2Cl)c1. The lowest BCUT2D eigenvalue weighted by Crippen LogP contribution is -2.27. The molecule has 2 aromatic carbocycles. The Bertz CT molecular complexity index is 640. The largest absolute Gasteiger partial charge is 0.398 e. The zero-order valence-electron chi connectivity index (χ0n) is 11.5. The first-order valence-electron chi connectivity index (χ1n) is 6.40. The second-order valence-corrected chi connectivity index (χ2v) is 5.21. The molecule has 3 nitrogen and oxygen atoms in total. The molecule has 0 aliphatic rings. The number of hydrogen-bond donors (Lipinski definition) is 2. The van der Waals surface area contributed by atoms with Crippen LogP contribution in [0.5, 0.6) is 0 Å². The minimum Gasteiger partial charge on any atom is -0.398 e. The topological polar surface area (TPSA) is 55.1 Å². The van der Waals surface area contributed by atoms with Crippen molar-refractivity contribution < 1.29 is 4.79 Å². The van der Waals surface area contributed by atoms with Gasteiger partial charge < -0.3 is 11.1 Å². The molecule has 0 aliphatic carbocycles. The maximum Gasteiger partial charge on any atom is 0.253 e. The van der Waals surface area contributed by atoms with Gasteiger partial charge >= 0.3 is 0 Å². The first-order valence-corrected chi connectivity index (χ1v) is 6.78. The van der Waals surface area contributed by atoms with Gasteiger partial charge in [-0.25, -0.2) is 0 Å². The van der Waals surface area contributed by atoms with E-state index in [9.17, 15) is 4.79 Å². The van der Waals surface area contributed by atoms with E-state index < -0.39 is 0 Å². The monoisotopic (exact) mass is 288 g/mol. The average Bonchev–Trinajstić information content (AvgIpc) is 2.41. The predicted octanol–water partition coefficient (Wildman–Crippen LogP) is 3.72. The van der Waals surface area contributed by atoms with Crippen LogP contribution in [0, 0.1) is 6.92 Å². The molecule has 2 rings (SSSR count). The fraction of sp³-hybridized carbons (Fsp3) is 0.188. The van der Waals surface area contributed by atoms with Crippen LogP contribution in [0.15, 0.2) is 42.5 Å². The van der Waals surface area contributed by atoms with Crippen LogP contribution in [0.2, 0.25) is 5.02 Å². The highest BCUT2D eigenvalue weighted by molar-refractivity contribution is 6.31. The van der Waals surface area contributed by atoms with E-state index in [-0.39, 0.29) is 11.9 Å². The number of anilines is 1. The molecule has 0 saturated heterocycles. The summed E-state index contributed by atoms with van der Waals surface area (Å²) in [6.07, 6.45) is 0. The van der Waals surface area contributed by atoms with E-state index in [0.29, 0.717) is 16.3 Å². The van der Waals surface area contributed by atoms with Gasteiger partial charge in [-0.2, -0.15) is 0 Å². The van der Waals surface area contributed by atoms with Crippen LogP contribution in [0.1, 0.15) is 34.5 Å². The van der Waals surface area contributed by atoms with Crippen molar-refractivity contribution in [1.82, 2.24) is 5.32 Å². The number of nitrogen functional groups attached to an aromatic ring is 1. The van der Waals surface area contributed by atoms with Gasteiger partial charge in [0.2, 0.25) is 0 Å². The molecule has 1 atom stereocenters. The number of rotatable bonds is 3. The maximum absolute atomic E-state index is 12.3. The van der Waals surface area contributed by atoms with Crippen molar-refractivity contribution in [2.75, 3.05) is 5.73 Å². The van der Waals surface area contributed by atoms with Crippen LogP contribution in [0.4, 0.5) is 5.69 Å². The van der Waals surface area contributed by atoms with Crippen molar-refractivity contribution in [3.05, 3.63) is 64.2 Å². The molecule has 0 fully saturated rings. The summed E-state index contributed by atoms with van der Waals surface area (Å²) in [6.45, 7) is 3.82. The van der Waals surface area contributed by atoms with E-state index in [0.717, 1.165) is 11.1 Å². The van der Waals surface area contributed by atoms with Crippen LogP contribution in [0.3, 0.4) is 0 Å². The second-order valence-electron chi connectivity index (χ2n) is 4.81. The Morgan fingerprint density at radius 3 is 2.65 bits per heavy atom. The summed E-state index contributed by atoms with van der Waals surface area (Å²) in [7, 11) is 0. The smallest absolute Gasteiger partial charge is 0.253 e. The number of nitrogens with two attached hydrogens (primary N) is 1. The Balaban J connectivity index is 2.20. The fourth-order valence-corrected chi connectivity index (χ4v) is 2.34. The maximum atomic E-state index is 12.3. The molecule has 20 heavy (non-hydrogen) atoms. The molecule has 0 radical (unpaired) electrons. The van der Waals surface area contributed by atoms with Crippen LogP contribution < -0.4 is 11.1 Å². The zero-order chi connectivity index (χ0) is 14.7. The standard InChI is InChI=1S/C16H17ClN2O/c1-10-7-8-15(18)13(9-10)16(20)19-11(2)12-5-3-4-6-14(12)17/h3-9,11H,18H2,1-2H3,(H,19,20). The van der Waals surface area contributed by atoms with Gasteiger partial charge in [-0.3, -0.25) is 4.79 Å². The third kappa shape index (κ3) is 3.11. The molecule has 0 aromatic heterocycles. The van der Waals surface area contributed by atoms with Crippen LogP contribution in [0.25, 0.3) is 0 Å². The van der Waals surface area contributed by atoms with Crippen molar-refractivity contribution >= 4 is 23.2 Å². The number of halogens is 1. The van der Waals surface area contributed by atoms with Crippen molar-refractivity contribution in [3.8, 4) is 0 Å². The first kappa shape index (κ1) is 14.4. The molecule has 1 unspecified atom stereocenters. The van der Waals surface area contributed by atoms with Gasteiger partial charge in [0, 0.05) is 10.7 Å². The minimum absolute atomic E-state index is 0.184. The third-order valence-electron chi connectivity index (χ3n) is 3.17. The molecule has 3 N–H and O–H groups in total. The number of hydrogen-bond acceptors (Lipinski definition) is 2.